The van der Waals surface area contributed by atoms with E-state index in [1.54, 1.807) is 12.1 Å². The van der Waals surface area contributed by atoms with Gasteiger partial charge in [0.1, 0.15) is 17.3 Å². The second kappa shape index (κ2) is 8.59. The zero-order chi connectivity index (χ0) is 21.0. The Kier molecular flexibility index (Phi) is 6.15. The maximum Gasteiger partial charge on any atom is 0.433 e. The van der Waals surface area contributed by atoms with E-state index in [1.165, 1.54) is 12.1 Å². The number of aliphatic imine (C=N–C) groups is 1. The highest BCUT2D eigenvalue weighted by Crippen LogP contribution is 2.28. The van der Waals surface area contributed by atoms with Gasteiger partial charge in [-0.2, -0.15) is 13.2 Å². The molecule has 2 aromatic rings. The fraction of sp³-hybridized carbons (Fsp3) is 0.273. The highest BCUT2D eigenvalue weighted by molar-refractivity contribution is 5.97. The number of halogens is 4. The number of aromatic nitrogens is 1. The summed E-state index contributed by atoms with van der Waals surface area (Å²) in [7, 11) is 0. The summed E-state index contributed by atoms with van der Waals surface area (Å²) in [6.45, 7) is 5.86. The van der Waals surface area contributed by atoms with E-state index in [9.17, 15) is 17.6 Å². The van der Waals surface area contributed by atoms with Crippen molar-refractivity contribution in [3.63, 3.8) is 0 Å². The molecule has 0 amide bonds. The van der Waals surface area contributed by atoms with Crippen LogP contribution in [0, 0.1) is 5.82 Å². The van der Waals surface area contributed by atoms with Crippen molar-refractivity contribution in [2.24, 2.45) is 4.99 Å². The smallest absolute Gasteiger partial charge is 0.344 e. The van der Waals surface area contributed by atoms with Crippen LogP contribution in [0.25, 0.3) is 0 Å². The molecule has 1 N–H and O–H groups in total. The molecule has 29 heavy (non-hydrogen) atoms. The van der Waals surface area contributed by atoms with Crippen LogP contribution >= 0.6 is 0 Å². The minimum atomic E-state index is -4.52. The van der Waals surface area contributed by atoms with Crippen LogP contribution in [0.3, 0.4) is 0 Å². The summed E-state index contributed by atoms with van der Waals surface area (Å²) in [4.78, 5) is 7.69. The van der Waals surface area contributed by atoms with Gasteiger partial charge in [-0.3, -0.25) is 4.98 Å². The first-order valence-electron chi connectivity index (χ1n) is 9.28. The molecule has 1 aliphatic heterocycles. The zero-order valence-electron chi connectivity index (χ0n) is 16.0. The zero-order valence-corrected chi connectivity index (χ0v) is 16.0. The first-order valence-corrected chi connectivity index (χ1v) is 9.28. The minimum Gasteiger partial charge on any atom is -0.344 e. The summed E-state index contributed by atoms with van der Waals surface area (Å²) in [6, 6.07) is 7.26. The maximum atomic E-state index is 14.5. The lowest BCUT2D eigenvalue weighted by Gasteiger charge is -2.16. The van der Waals surface area contributed by atoms with Gasteiger partial charge in [0, 0.05) is 24.0 Å². The Morgan fingerprint density at radius 2 is 1.86 bits per heavy atom. The molecule has 0 fully saturated rings. The van der Waals surface area contributed by atoms with Crippen LogP contribution in [0.5, 0.6) is 0 Å². The SMILES string of the molecule is C=C1N=C(CCc2ccc(Cc3ccnc(C(F)(F)F)c3)c(F)c2)C=C(CC)N1. The number of benzene rings is 1. The molecule has 0 aliphatic carbocycles. The normalized spacial score (nSPS) is 14.3. The number of pyridine rings is 1. The lowest BCUT2D eigenvalue weighted by molar-refractivity contribution is -0.141. The van der Waals surface area contributed by atoms with Crippen molar-refractivity contribution in [3.8, 4) is 0 Å². The summed E-state index contributed by atoms with van der Waals surface area (Å²) in [5.74, 6) is 0.158. The second-order valence-corrected chi connectivity index (χ2v) is 6.85. The van der Waals surface area contributed by atoms with Crippen molar-refractivity contribution in [1.82, 2.24) is 10.3 Å². The highest BCUT2D eigenvalue weighted by Gasteiger charge is 2.32. The molecule has 0 spiro atoms. The number of nitrogens with one attached hydrogen (secondary N) is 1. The largest absolute Gasteiger partial charge is 0.433 e. The third-order valence-corrected chi connectivity index (χ3v) is 4.60. The summed E-state index contributed by atoms with van der Waals surface area (Å²) >= 11 is 0. The summed E-state index contributed by atoms with van der Waals surface area (Å²) in [6.07, 6.45) is 0.696. The minimum absolute atomic E-state index is 0.0680. The number of rotatable bonds is 6. The quantitative estimate of drug-likeness (QED) is 0.640. The van der Waals surface area contributed by atoms with Gasteiger partial charge in [-0.05, 0) is 60.2 Å². The molecule has 0 atom stereocenters. The average molecular weight is 403 g/mol. The summed E-state index contributed by atoms with van der Waals surface area (Å²) in [5.41, 5.74) is 2.45. The molecule has 1 aliphatic rings. The van der Waals surface area contributed by atoms with E-state index < -0.39 is 17.7 Å². The Balaban J connectivity index is 1.68. The van der Waals surface area contributed by atoms with E-state index >= 15 is 0 Å². The van der Waals surface area contributed by atoms with E-state index in [0.717, 1.165) is 35.7 Å². The molecule has 3 nitrogen and oxygen atoms in total. The average Bonchev–Trinajstić information content (AvgIpc) is 2.67. The van der Waals surface area contributed by atoms with Crippen LogP contribution in [0.4, 0.5) is 17.6 Å². The molecule has 3 rings (SSSR count). The third kappa shape index (κ3) is 5.53. The van der Waals surface area contributed by atoms with E-state index in [-0.39, 0.29) is 6.42 Å². The van der Waals surface area contributed by atoms with Crippen molar-refractivity contribution >= 4 is 5.71 Å². The van der Waals surface area contributed by atoms with Crippen LogP contribution in [0.15, 0.2) is 65.7 Å². The third-order valence-electron chi connectivity index (χ3n) is 4.60. The van der Waals surface area contributed by atoms with E-state index in [2.05, 4.69) is 21.9 Å². The van der Waals surface area contributed by atoms with Crippen molar-refractivity contribution < 1.29 is 17.6 Å². The Hall–Kier alpha value is -2.96. The number of alkyl halides is 3. The lowest BCUT2D eigenvalue weighted by Crippen LogP contribution is -2.18. The molecule has 152 valence electrons. The van der Waals surface area contributed by atoms with Crippen molar-refractivity contribution in [2.75, 3.05) is 0 Å². The Morgan fingerprint density at radius 1 is 1.07 bits per heavy atom. The first kappa shape index (κ1) is 20.8. The van der Waals surface area contributed by atoms with Crippen molar-refractivity contribution in [3.05, 3.63) is 88.9 Å². The lowest BCUT2D eigenvalue weighted by atomic mass is 10.00. The van der Waals surface area contributed by atoms with Gasteiger partial charge in [0.25, 0.3) is 0 Å². The molecule has 0 unspecified atom stereocenters. The van der Waals surface area contributed by atoms with Crippen LogP contribution in [-0.4, -0.2) is 10.7 Å². The van der Waals surface area contributed by atoms with Gasteiger partial charge in [0.05, 0.1) is 0 Å². The number of allylic oxidation sites excluding steroid dienone is 2. The topological polar surface area (TPSA) is 37.3 Å². The van der Waals surface area contributed by atoms with E-state index in [1.807, 2.05) is 13.0 Å². The molecular formula is C22H21F4N3. The van der Waals surface area contributed by atoms with Crippen LogP contribution in [0.1, 0.15) is 42.1 Å². The molecular weight excluding hydrogens is 382 g/mol. The monoisotopic (exact) mass is 403 g/mol. The Morgan fingerprint density at radius 3 is 2.55 bits per heavy atom. The van der Waals surface area contributed by atoms with Crippen LogP contribution < -0.4 is 5.32 Å². The van der Waals surface area contributed by atoms with Crippen LogP contribution in [-0.2, 0) is 19.0 Å². The predicted molar refractivity (Wildman–Crippen MR) is 105 cm³/mol. The molecule has 7 heteroatoms. The molecule has 1 aromatic heterocycles. The van der Waals surface area contributed by atoms with Crippen molar-refractivity contribution in [1.29, 1.82) is 0 Å². The molecule has 1 aromatic carbocycles. The van der Waals surface area contributed by atoms with Gasteiger partial charge >= 0.3 is 6.18 Å². The molecule has 0 saturated carbocycles. The predicted octanol–water partition coefficient (Wildman–Crippen LogP) is 5.57. The number of hydrogen-bond donors (Lipinski definition) is 1. The number of aryl methyl sites for hydroxylation is 1. The second-order valence-electron chi connectivity index (χ2n) is 6.85. The number of hydrogen-bond acceptors (Lipinski definition) is 3. The summed E-state index contributed by atoms with van der Waals surface area (Å²) in [5, 5.41) is 3.09. The fourth-order valence-electron chi connectivity index (χ4n) is 3.10. The van der Waals surface area contributed by atoms with E-state index in [4.69, 9.17) is 0 Å². The Bertz CT molecular complexity index is 974. The highest BCUT2D eigenvalue weighted by atomic mass is 19.4. The Labute approximate surface area is 166 Å². The van der Waals surface area contributed by atoms with Gasteiger partial charge in [0.2, 0.25) is 0 Å². The van der Waals surface area contributed by atoms with Gasteiger partial charge < -0.3 is 5.32 Å². The van der Waals surface area contributed by atoms with E-state index in [0.29, 0.717) is 29.8 Å². The summed E-state index contributed by atoms with van der Waals surface area (Å²) < 4.78 is 52.9. The molecule has 0 saturated heterocycles. The first-order chi connectivity index (χ1) is 13.7. The maximum absolute atomic E-state index is 14.5. The van der Waals surface area contributed by atoms with Gasteiger partial charge in [-0.25, -0.2) is 9.38 Å². The standard InChI is InChI=1S/C22H21F4N3/c1-3-18-13-19(29-14(2)28-18)7-5-15-4-6-17(20(23)11-15)10-16-8-9-27-21(12-16)22(24,25)26/h4,6,8-9,11-13,28H,2-3,5,7,10H2,1H3. The molecule has 0 bridgehead atoms. The van der Waals surface area contributed by atoms with Gasteiger partial charge in [-0.1, -0.05) is 25.6 Å². The molecule has 0 radical (unpaired) electrons. The van der Waals surface area contributed by atoms with Crippen LogP contribution in [0.2, 0.25) is 0 Å². The van der Waals surface area contributed by atoms with Gasteiger partial charge in [-0.15, -0.1) is 0 Å². The van der Waals surface area contributed by atoms with Gasteiger partial charge in [0.15, 0.2) is 0 Å². The van der Waals surface area contributed by atoms with Crippen molar-refractivity contribution in [2.45, 2.75) is 38.8 Å². The number of nitrogens with zero attached hydrogens (tertiary/aromatic N) is 2. The fourth-order valence-corrected chi connectivity index (χ4v) is 3.10. The molecule has 2 heterocycles.